The largest absolute Gasteiger partial charge is 0.491 e. The van der Waals surface area contributed by atoms with Gasteiger partial charge in [0.05, 0.1) is 16.6 Å². The number of nitrogens with zero attached hydrogens (tertiary/aromatic N) is 1. The fourth-order valence-corrected chi connectivity index (χ4v) is 2.24. The first-order valence-corrected chi connectivity index (χ1v) is 6.38. The van der Waals surface area contributed by atoms with Crippen LogP contribution in [-0.2, 0) is 0 Å². The predicted molar refractivity (Wildman–Crippen MR) is 68.9 cm³/mol. The van der Waals surface area contributed by atoms with Gasteiger partial charge in [0.15, 0.2) is 5.75 Å². The summed E-state index contributed by atoms with van der Waals surface area (Å²) in [6, 6.07) is 5.42. The van der Waals surface area contributed by atoms with Crippen molar-refractivity contribution in [3.63, 3.8) is 0 Å². The van der Waals surface area contributed by atoms with Crippen LogP contribution in [0.15, 0.2) is 16.6 Å². The zero-order valence-electron chi connectivity index (χ0n) is 9.09. The minimum atomic E-state index is 0.468. The van der Waals surface area contributed by atoms with Crippen LogP contribution in [0.2, 0.25) is 5.02 Å². The maximum absolute atomic E-state index is 8.96. The van der Waals surface area contributed by atoms with E-state index in [-0.39, 0.29) is 0 Å². The van der Waals surface area contributed by atoms with Gasteiger partial charge in [0, 0.05) is 5.02 Å². The molecule has 0 bridgehead atoms. The van der Waals surface area contributed by atoms with E-state index in [4.69, 9.17) is 21.6 Å². The molecular weight excluding hydrogens is 289 g/mol. The lowest BCUT2D eigenvalue weighted by molar-refractivity contribution is 0.303. The van der Waals surface area contributed by atoms with E-state index in [9.17, 15) is 0 Å². The minimum absolute atomic E-state index is 0.468. The highest BCUT2D eigenvalue weighted by atomic mass is 79.9. The lowest BCUT2D eigenvalue weighted by Crippen LogP contribution is -1.99. The molecule has 1 aromatic carbocycles. The normalized spacial score (nSPS) is 9.88. The Kier molecular flexibility index (Phi) is 5.65. The van der Waals surface area contributed by atoms with Crippen molar-refractivity contribution in [3.8, 4) is 11.8 Å². The van der Waals surface area contributed by atoms with Crippen molar-refractivity contribution in [1.82, 2.24) is 0 Å². The van der Waals surface area contributed by atoms with Gasteiger partial charge in [-0.2, -0.15) is 5.26 Å². The summed E-state index contributed by atoms with van der Waals surface area (Å²) in [7, 11) is 0. The van der Waals surface area contributed by atoms with E-state index in [2.05, 4.69) is 28.9 Å². The average Bonchev–Trinajstić information content (AvgIpc) is 2.26. The van der Waals surface area contributed by atoms with E-state index in [1.165, 1.54) is 0 Å². The third kappa shape index (κ3) is 3.70. The van der Waals surface area contributed by atoms with Crippen molar-refractivity contribution in [2.24, 2.45) is 0 Å². The molecule has 1 aromatic rings. The Labute approximate surface area is 109 Å². The molecule has 0 atom stereocenters. The van der Waals surface area contributed by atoms with Gasteiger partial charge in [0.1, 0.15) is 6.07 Å². The molecule has 1 rings (SSSR count). The summed E-state index contributed by atoms with van der Waals surface area (Å²) in [5, 5.41) is 9.49. The molecule has 0 aromatic heterocycles. The Morgan fingerprint density at radius 1 is 1.44 bits per heavy atom. The van der Waals surface area contributed by atoms with Gasteiger partial charge < -0.3 is 4.74 Å². The third-order valence-electron chi connectivity index (χ3n) is 2.12. The van der Waals surface area contributed by atoms with Crippen LogP contribution in [0.25, 0.3) is 0 Å². The summed E-state index contributed by atoms with van der Waals surface area (Å²) in [5.41, 5.74) is 0.468. The van der Waals surface area contributed by atoms with E-state index >= 15 is 0 Å². The Balaban J connectivity index is 2.75. The molecule has 4 heteroatoms. The van der Waals surface area contributed by atoms with Crippen LogP contribution in [0.3, 0.4) is 0 Å². The summed E-state index contributed by atoms with van der Waals surface area (Å²) in [6.07, 6.45) is 3.28. The molecule has 0 heterocycles. The molecule has 0 aliphatic heterocycles. The summed E-state index contributed by atoms with van der Waals surface area (Å²) in [5.74, 6) is 0.586. The van der Waals surface area contributed by atoms with E-state index in [1.807, 2.05) is 0 Å². The SMILES string of the molecule is CCCCCOc1c(Br)cc(Cl)cc1C#N. The summed E-state index contributed by atoms with van der Waals surface area (Å²) >= 11 is 9.20. The summed E-state index contributed by atoms with van der Waals surface area (Å²) in [6.45, 7) is 2.77. The Morgan fingerprint density at radius 2 is 2.19 bits per heavy atom. The Bertz CT molecular complexity index is 401. The van der Waals surface area contributed by atoms with Gasteiger partial charge in [-0.25, -0.2) is 0 Å². The van der Waals surface area contributed by atoms with Crippen LogP contribution in [0.1, 0.15) is 31.7 Å². The van der Waals surface area contributed by atoms with Gasteiger partial charge >= 0.3 is 0 Å². The van der Waals surface area contributed by atoms with Crippen molar-refractivity contribution >= 4 is 27.5 Å². The molecule has 0 radical (unpaired) electrons. The van der Waals surface area contributed by atoms with Gasteiger partial charge in [0.25, 0.3) is 0 Å². The zero-order valence-corrected chi connectivity index (χ0v) is 11.4. The summed E-state index contributed by atoms with van der Waals surface area (Å²) < 4.78 is 6.32. The molecule has 0 fully saturated rings. The second kappa shape index (κ2) is 6.78. The molecule has 0 aliphatic rings. The Hall–Kier alpha value is -0.720. The fourth-order valence-electron chi connectivity index (χ4n) is 1.32. The number of ether oxygens (including phenoxy) is 1. The van der Waals surface area contributed by atoms with Crippen molar-refractivity contribution in [3.05, 3.63) is 27.2 Å². The smallest absolute Gasteiger partial charge is 0.151 e. The van der Waals surface area contributed by atoms with Crippen LogP contribution in [0.4, 0.5) is 0 Å². The van der Waals surface area contributed by atoms with Crippen LogP contribution < -0.4 is 4.74 Å². The zero-order chi connectivity index (χ0) is 12.0. The quantitative estimate of drug-likeness (QED) is 0.748. The van der Waals surface area contributed by atoms with Crippen molar-refractivity contribution in [2.75, 3.05) is 6.61 Å². The van der Waals surface area contributed by atoms with Gasteiger partial charge in [-0.05, 0) is 34.5 Å². The second-order valence-electron chi connectivity index (χ2n) is 3.43. The lowest BCUT2D eigenvalue weighted by atomic mass is 10.2. The monoisotopic (exact) mass is 301 g/mol. The van der Waals surface area contributed by atoms with Gasteiger partial charge in [-0.15, -0.1) is 0 Å². The predicted octanol–water partition coefficient (Wildman–Crippen LogP) is 4.54. The van der Waals surface area contributed by atoms with E-state index < -0.39 is 0 Å². The number of unbranched alkanes of at least 4 members (excludes halogenated alkanes) is 2. The molecule has 0 unspecified atom stereocenters. The number of halogens is 2. The van der Waals surface area contributed by atoms with Gasteiger partial charge in [-0.1, -0.05) is 31.4 Å². The molecular formula is C12H13BrClNO. The molecule has 16 heavy (non-hydrogen) atoms. The highest BCUT2D eigenvalue weighted by Crippen LogP contribution is 2.32. The standard InChI is InChI=1S/C12H13BrClNO/c1-2-3-4-5-16-12-9(8-15)6-10(14)7-11(12)13/h6-7H,2-5H2,1H3. The van der Waals surface area contributed by atoms with Crippen LogP contribution >= 0.6 is 27.5 Å². The van der Waals surface area contributed by atoms with Crippen LogP contribution in [0.5, 0.6) is 5.75 Å². The maximum Gasteiger partial charge on any atom is 0.151 e. The molecule has 0 saturated carbocycles. The van der Waals surface area contributed by atoms with E-state index in [0.717, 1.165) is 23.7 Å². The first-order valence-electron chi connectivity index (χ1n) is 5.21. The van der Waals surface area contributed by atoms with Crippen LogP contribution in [0, 0.1) is 11.3 Å². The average molecular weight is 303 g/mol. The highest BCUT2D eigenvalue weighted by Gasteiger charge is 2.09. The molecule has 86 valence electrons. The maximum atomic E-state index is 8.96. The number of hydrogen-bond acceptors (Lipinski definition) is 2. The number of nitriles is 1. The molecule has 0 aliphatic carbocycles. The van der Waals surface area contributed by atoms with E-state index in [1.54, 1.807) is 12.1 Å². The Morgan fingerprint density at radius 3 is 2.81 bits per heavy atom. The lowest BCUT2D eigenvalue weighted by Gasteiger charge is -2.09. The number of hydrogen-bond donors (Lipinski definition) is 0. The van der Waals surface area contributed by atoms with E-state index in [0.29, 0.717) is 22.9 Å². The second-order valence-corrected chi connectivity index (χ2v) is 4.72. The minimum Gasteiger partial charge on any atom is -0.491 e. The number of rotatable bonds is 5. The first kappa shape index (κ1) is 13.3. The van der Waals surface area contributed by atoms with Crippen molar-refractivity contribution in [1.29, 1.82) is 5.26 Å². The van der Waals surface area contributed by atoms with Gasteiger partial charge in [-0.3, -0.25) is 0 Å². The molecule has 0 N–H and O–H groups in total. The molecule has 0 spiro atoms. The molecule has 2 nitrogen and oxygen atoms in total. The van der Waals surface area contributed by atoms with Crippen molar-refractivity contribution in [2.45, 2.75) is 26.2 Å². The molecule has 0 amide bonds. The van der Waals surface area contributed by atoms with Crippen molar-refractivity contribution < 1.29 is 4.74 Å². The fraction of sp³-hybridized carbons (Fsp3) is 0.417. The third-order valence-corrected chi connectivity index (χ3v) is 2.93. The summed E-state index contributed by atoms with van der Waals surface area (Å²) in [4.78, 5) is 0. The first-order chi connectivity index (χ1) is 7.69. The topological polar surface area (TPSA) is 33.0 Å². The van der Waals surface area contributed by atoms with Crippen LogP contribution in [-0.4, -0.2) is 6.61 Å². The molecule has 0 saturated heterocycles. The highest BCUT2D eigenvalue weighted by molar-refractivity contribution is 9.10. The van der Waals surface area contributed by atoms with Gasteiger partial charge in [0.2, 0.25) is 0 Å². The number of benzene rings is 1.